The monoisotopic (exact) mass is 404 g/mol. The van der Waals surface area contributed by atoms with E-state index >= 15 is 0 Å². The minimum Gasteiger partial charge on any atom is -0.378 e. The number of aromatic nitrogens is 4. The van der Waals surface area contributed by atoms with Crippen LogP contribution >= 0.6 is 0 Å². The van der Waals surface area contributed by atoms with E-state index in [1.165, 1.54) is 11.3 Å². The number of aryl methyl sites for hydroxylation is 1. The molecular formula is C23H28N6O. The van der Waals surface area contributed by atoms with Crippen molar-refractivity contribution in [1.29, 1.82) is 0 Å². The Kier molecular flexibility index (Phi) is 4.70. The van der Waals surface area contributed by atoms with Crippen molar-refractivity contribution < 1.29 is 4.74 Å². The second-order valence-corrected chi connectivity index (χ2v) is 8.32. The highest BCUT2D eigenvalue weighted by atomic mass is 16.5. The van der Waals surface area contributed by atoms with E-state index in [9.17, 15) is 0 Å². The molecule has 7 heteroatoms. The Morgan fingerprint density at radius 1 is 1.03 bits per heavy atom. The molecule has 3 aromatic rings. The SMILES string of the molecule is Cc1nn(C(C)C)c2c1C(C)C(c1ccnn1-c1ccc(N3CCOCC3)cc1)=N2. The molecule has 0 amide bonds. The highest BCUT2D eigenvalue weighted by Crippen LogP contribution is 2.41. The fourth-order valence-electron chi connectivity index (χ4n) is 4.48. The number of hydrogen-bond acceptors (Lipinski definition) is 5. The quantitative estimate of drug-likeness (QED) is 0.659. The molecule has 0 saturated carbocycles. The fourth-order valence-corrected chi connectivity index (χ4v) is 4.48. The van der Waals surface area contributed by atoms with E-state index in [2.05, 4.69) is 68.0 Å². The zero-order valence-electron chi connectivity index (χ0n) is 18.0. The van der Waals surface area contributed by atoms with Crippen LogP contribution in [0, 0.1) is 6.92 Å². The minimum atomic E-state index is 0.190. The van der Waals surface area contributed by atoms with Crippen LogP contribution in [-0.4, -0.2) is 51.6 Å². The summed E-state index contributed by atoms with van der Waals surface area (Å²) < 4.78 is 9.49. The lowest BCUT2D eigenvalue weighted by molar-refractivity contribution is 0.122. The molecule has 1 saturated heterocycles. The smallest absolute Gasteiger partial charge is 0.155 e. The number of fused-ring (bicyclic) bond motifs is 1. The van der Waals surface area contributed by atoms with Crippen LogP contribution in [0.2, 0.25) is 0 Å². The molecule has 156 valence electrons. The summed E-state index contributed by atoms with van der Waals surface area (Å²) in [5.74, 6) is 1.18. The van der Waals surface area contributed by atoms with Crippen molar-refractivity contribution in [2.24, 2.45) is 4.99 Å². The first-order chi connectivity index (χ1) is 14.5. The van der Waals surface area contributed by atoms with Crippen LogP contribution in [0.1, 0.15) is 49.7 Å². The predicted molar refractivity (Wildman–Crippen MR) is 119 cm³/mol. The molecule has 4 heterocycles. The van der Waals surface area contributed by atoms with Crippen molar-refractivity contribution >= 4 is 17.2 Å². The average molecular weight is 405 g/mol. The number of aliphatic imine (C=N–C) groups is 1. The van der Waals surface area contributed by atoms with Gasteiger partial charge in [0.15, 0.2) is 5.82 Å². The van der Waals surface area contributed by atoms with Gasteiger partial charge in [0.1, 0.15) is 0 Å². The van der Waals surface area contributed by atoms with Crippen LogP contribution in [0.4, 0.5) is 11.5 Å². The predicted octanol–water partition coefficient (Wildman–Crippen LogP) is 4.03. The lowest BCUT2D eigenvalue weighted by Crippen LogP contribution is -2.36. The van der Waals surface area contributed by atoms with Crippen molar-refractivity contribution in [3.05, 3.63) is 53.5 Å². The molecule has 0 spiro atoms. The number of benzene rings is 1. The Morgan fingerprint density at radius 3 is 2.43 bits per heavy atom. The van der Waals surface area contributed by atoms with E-state index in [1.807, 2.05) is 15.6 Å². The fraction of sp³-hybridized carbons (Fsp3) is 0.435. The summed E-state index contributed by atoms with van der Waals surface area (Å²) in [6.07, 6.45) is 1.85. The molecule has 2 aliphatic rings. The largest absolute Gasteiger partial charge is 0.378 e. The van der Waals surface area contributed by atoms with E-state index in [1.54, 1.807) is 0 Å². The van der Waals surface area contributed by atoms with Gasteiger partial charge in [-0.3, -0.25) is 0 Å². The van der Waals surface area contributed by atoms with Gasteiger partial charge in [-0.15, -0.1) is 0 Å². The standard InChI is InChI=1S/C23H28N6O/c1-15(2)28-23-21(17(4)26-28)16(3)22(25-23)20-9-10-24-29(20)19-7-5-18(6-8-19)27-11-13-30-14-12-27/h5-10,15-16H,11-14H2,1-4H3. The van der Waals surface area contributed by atoms with Crippen molar-refractivity contribution in [3.63, 3.8) is 0 Å². The Balaban J connectivity index is 1.48. The summed E-state index contributed by atoms with van der Waals surface area (Å²) in [4.78, 5) is 7.39. The maximum absolute atomic E-state index is 5.46. The van der Waals surface area contributed by atoms with Crippen molar-refractivity contribution in [3.8, 4) is 5.69 Å². The molecule has 0 radical (unpaired) electrons. The van der Waals surface area contributed by atoms with Crippen LogP contribution < -0.4 is 4.90 Å². The van der Waals surface area contributed by atoms with Crippen molar-refractivity contribution in [2.45, 2.75) is 39.7 Å². The Labute approximate surface area is 177 Å². The molecule has 7 nitrogen and oxygen atoms in total. The number of nitrogens with zero attached hydrogens (tertiary/aromatic N) is 6. The van der Waals surface area contributed by atoms with E-state index in [0.717, 1.165) is 54.9 Å². The first-order valence-electron chi connectivity index (χ1n) is 10.7. The molecular weight excluding hydrogens is 376 g/mol. The molecule has 1 fully saturated rings. The molecule has 1 unspecified atom stereocenters. The van der Waals surface area contributed by atoms with Gasteiger partial charge in [-0.1, -0.05) is 6.92 Å². The highest BCUT2D eigenvalue weighted by molar-refractivity contribution is 6.08. The van der Waals surface area contributed by atoms with Gasteiger partial charge in [0.05, 0.1) is 42.2 Å². The summed E-state index contributed by atoms with van der Waals surface area (Å²) in [5.41, 5.74) is 6.64. The van der Waals surface area contributed by atoms with E-state index in [-0.39, 0.29) is 12.0 Å². The van der Waals surface area contributed by atoms with E-state index in [0.29, 0.717) is 0 Å². The molecule has 0 aliphatic carbocycles. The van der Waals surface area contributed by atoms with Gasteiger partial charge in [-0.25, -0.2) is 14.4 Å². The molecule has 0 N–H and O–H groups in total. The van der Waals surface area contributed by atoms with Crippen molar-refractivity contribution in [2.75, 3.05) is 31.2 Å². The van der Waals surface area contributed by atoms with Crippen LogP contribution in [0.3, 0.4) is 0 Å². The van der Waals surface area contributed by atoms with Crippen LogP contribution in [-0.2, 0) is 4.74 Å². The lowest BCUT2D eigenvalue weighted by Gasteiger charge is -2.29. The average Bonchev–Trinajstić information content (AvgIpc) is 3.45. The maximum Gasteiger partial charge on any atom is 0.155 e. The van der Waals surface area contributed by atoms with Crippen LogP contribution in [0.5, 0.6) is 0 Å². The lowest BCUT2D eigenvalue weighted by atomic mass is 9.96. The third-order valence-corrected chi connectivity index (χ3v) is 6.04. The summed E-state index contributed by atoms with van der Waals surface area (Å²) in [5, 5.41) is 9.32. The second kappa shape index (κ2) is 7.40. The third-order valence-electron chi connectivity index (χ3n) is 6.04. The number of hydrogen-bond donors (Lipinski definition) is 0. The van der Waals surface area contributed by atoms with Crippen molar-refractivity contribution in [1.82, 2.24) is 19.6 Å². The highest BCUT2D eigenvalue weighted by Gasteiger charge is 2.33. The third kappa shape index (κ3) is 3.04. The number of anilines is 1. The maximum atomic E-state index is 5.46. The zero-order valence-corrected chi connectivity index (χ0v) is 18.0. The summed E-state index contributed by atoms with van der Waals surface area (Å²) in [7, 11) is 0. The van der Waals surface area contributed by atoms with Gasteiger partial charge in [0.25, 0.3) is 0 Å². The molecule has 5 rings (SSSR count). The number of ether oxygens (including phenoxy) is 1. The molecule has 2 aromatic heterocycles. The Morgan fingerprint density at radius 2 is 1.73 bits per heavy atom. The Bertz CT molecular complexity index is 1090. The van der Waals surface area contributed by atoms with Crippen LogP contribution in [0.15, 0.2) is 41.5 Å². The summed E-state index contributed by atoms with van der Waals surface area (Å²) >= 11 is 0. The molecule has 1 aromatic carbocycles. The van der Waals surface area contributed by atoms with Gasteiger partial charge in [-0.2, -0.15) is 10.2 Å². The second-order valence-electron chi connectivity index (χ2n) is 8.32. The Hall–Kier alpha value is -2.93. The molecule has 0 bridgehead atoms. The van der Waals surface area contributed by atoms with Gasteiger partial charge in [0.2, 0.25) is 0 Å². The summed E-state index contributed by atoms with van der Waals surface area (Å²) in [6.45, 7) is 12.0. The van der Waals surface area contributed by atoms with E-state index in [4.69, 9.17) is 14.8 Å². The molecule has 30 heavy (non-hydrogen) atoms. The first-order valence-corrected chi connectivity index (χ1v) is 10.7. The molecule has 1 atom stereocenters. The van der Waals surface area contributed by atoms with Gasteiger partial charge < -0.3 is 9.64 Å². The zero-order chi connectivity index (χ0) is 20.8. The van der Waals surface area contributed by atoms with E-state index < -0.39 is 0 Å². The topological polar surface area (TPSA) is 60.5 Å². The van der Waals surface area contributed by atoms with Gasteiger partial charge in [-0.05, 0) is 51.1 Å². The van der Waals surface area contributed by atoms with Gasteiger partial charge in [0, 0.05) is 36.3 Å². The molecule has 2 aliphatic heterocycles. The number of morpholine rings is 1. The van der Waals surface area contributed by atoms with Gasteiger partial charge >= 0.3 is 0 Å². The number of rotatable bonds is 4. The first kappa shape index (κ1) is 19.1. The summed E-state index contributed by atoms with van der Waals surface area (Å²) in [6, 6.07) is 10.9. The van der Waals surface area contributed by atoms with Crippen LogP contribution in [0.25, 0.3) is 5.69 Å². The normalized spacial score (nSPS) is 18.8. The minimum absolute atomic E-state index is 0.190.